The van der Waals surface area contributed by atoms with Crippen molar-refractivity contribution in [2.24, 2.45) is 0 Å². The number of ketones is 1. The molecule has 0 spiro atoms. The van der Waals surface area contributed by atoms with Gasteiger partial charge in [-0.1, -0.05) is 0 Å². The van der Waals surface area contributed by atoms with Crippen LogP contribution in [0, 0.1) is 5.41 Å². The van der Waals surface area contributed by atoms with Crippen LogP contribution in [0.4, 0.5) is 0 Å². The highest BCUT2D eigenvalue weighted by Gasteiger charge is 2.28. The van der Waals surface area contributed by atoms with E-state index in [1.807, 2.05) is 0 Å². The zero-order valence-corrected chi connectivity index (χ0v) is 15.2. The van der Waals surface area contributed by atoms with Gasteiger partial charge in [-0.05, 0) is 51.0 Å². The zero-order chi connectivity index (χ0) is 19.5. The molecule has 1 aliphatic rings. The fourth-order valence-electron chi connectivity index (χ4n) is 2.23. The maximum atomic E-state index is 12.1. The molecule has 26 heavy (non-hydrogen) atoms. The Kier molecular flexibility index (Phi) is 5.94. The lowest BCUT2D eigenvalue weighted by atomic mass is 10.1. The molecule has 1 fully saturated rings. The Hall–Kier alpha value is -2.52. The van der Waals surface area contributed by atoms with Crippen molar-refractivity contribution < 1.29 is 27.9 Å². The first kappa shape index (κ1) is 19.8. The predicted octanol–water partition coefficient (Wildman–Crippen LogP) is 1.72. The molecule has 140 valence electrons. The number of nitrogens with one attached hydrogen (secondary N) is 2. The van der Waals surface area contributed by atoms with Crippen LogP contribution in [-0.2, 0) is 19.6 Å². The molecule has 0 bridgehead atoms. The smallest absolute Gasteiger partial charge is 0.338 e. The number of aliphatic hydroxyl groups excluding tert-OH is 1. The van der Waals surface area contributed by atoms with Gasteiger partial charge in [0.2, 0.25) is 10.0 Å². The van der Waals surface area contributed by atoms with E-state index in [-0.39, 0.29) is 27.8 Å². The molecule has 3 N–H and O–H groups in total. The first-order chi connectivity index (χ1) is 12.1. The third kappa shape index (κ3) is 4.99. The Morgan fingerprint density at radius 2 is 1.81 bits per heavy atom. The van der Waals surface area contributed by atoms with Gasteiger partial charge in [0, 0.05) is 11.8 Å². The summed E-state index contributed by atoms with van der Waals surface area (Å²) >= 11 is 0. The summed E-state index contributed by atoms with van der Waals surface area (Å²) in [7, 11) is -3.61. The van der Waals surface area contributed by atoms with Crippen molar-refractivity contribution in [1.82, 2.24) is 4.72 Å². The second-order valence-electron chi connectivity index (χ2n) is 6.00. The number of allylic oxidation sites excluding steroid dienone is 1. The predicted molar refractivity (Wildman–Crippen MR) is 93.8 cm³/mol. The second kappa shape index (κ2) is 7.79. The molecule has 1 aromatic carbocycles. The first-order valence-corrected chi connectivity index (χ1v) is 9.38. The molecule has 9 heteroatoms. The average molecular weight is 380 g/mol. The van der Waals surface area contributed by atoms with E-state index in [2.05, 4.69) is 4.72 Å². The lowest BCUT2D eigenvalue weighted by Gasteiger charge is -2.09. The van der Waals surface area contributed by atoms with Crippen molar-refractivity contribution in [3.63, 3.8) is 0 Å². The monoisotopic (exact) mass is 380 g/mol. The minimum Gasteiger partial charge on any atom is -0.508 e. The summed E-state index contributed by atoms with van der Waals surface area (Å²) in [6.07, 6.45) is 1.64. The molecule has 0 atom stereocenters. The molecule has 1 saturated carbocycles. The normalized spacial score (nSPS) is 15.2. The van der Waals surface area contributed by atoms with Crippen molar-refractivity contribution in [2.75, 3.05) is 6.61 Å². The van der Waals surface area contributed by atoms with Crippen LogP contribution in [0.25, 0.3) is 0 Å². The van der Waals surface area contributed by atoms with Crippen LogP contribution in [0.2, 0.25) is 0 Å². The molecule has 0 amide bonds. The van der Waals surface area contributed by atoms with Gasteiger partial charge in [0.05, 0.1) is 16.0 Å². The van der Waals surface area contributed by atoms with Crippen LogP contribution >= 0.6 is 0 Å². The van der Waals surface area contributed by atoms with E-state index in [1.165, 1.54) is 38.1 Å². The van der Waals surface area contributed by atoms with Gasteiger partial charge < -0.3 is 15.3 Å². The van der Waals surface area contributed by atoms with E-state index in [1.54, 1.807) is 0 Å². The van der Waals surface area contributed by atoms with Crippen molar-refractivity contribution in [1.29, 1.82) is 5.41 Å². The van der Waals surface area contributed by atoms with Crippen LogP contribution in [0.15, 0.2) is 40.5 Å². The summed E-state index contributed by atoms with van der Waals surface area (Å²) in [5, 5.41) is 17.3. The fourth-order valence-corrected chi connectivity index (χ4v) is 3.54. The molecule has 0 unspecified atom stereocenters. The third-order valence-electron chi connectivity index (χ3n) is 3.66. The molecule has 8 nitrogen and oxygen atoms in total. The van der Waals surface area contributed by atoms with Gasteiger partial charge in [-0.3, -0.25) is 4.79 Å². The number of hydrogen-bond acceptors (Lipinski definition) is 7. The van der Waals surface area contributed by atoms with Gasteiger partial charge in [-0.15, -0.1) is 0 Å². The summed E-state index contributed by atoms with van der Waals surface area (Å²) in [5.74, 6) is -1.81. The first-order valence-electron chi connectivity index (χ1n) is 7.90. The van der Waals surface area contributed by atoms with Crippen molar-refractivity contribution >= 4 is 27.5 Å². The van der Waals surface area contributed by atoms with E-state index in [9.17, 15) is 23.1 Å². The highest BCUT2D eigenvalue weighted by atomic mass is 32.2. The molecule has 1 aromatic rings. The highest BCUT2D eigenvalue weighted by Crippen LogP contribution is 2.22. The molecular weight excluding hydrogens is 360 g/mol. The van der Waals surface area contributed by atoms with Gasteiger partial charge in [-0.2, -0.15) is 0 Å². The minimum atomic E-state index is -3.61. The highest BCUT2D eigenvalue weighted by molar-refractivity contribution is 7.89. The Labute approximate surface area is 151 Å². The van der Waals surface area contributed by atoms with Gasteiger partial charge in [-0.25, -0.2) is 17.9 Å². The van der Waals surface area contributed by atoms with Gasteiger partial charge in [0.25, 0.3) is 0 Å². The topological polar surface area (TPSA) is 134 Å². The molecule has 0 aromatic heterocycles. The zero-order valence-electron chi connectivity index (χ0n) is 14.4. The quantitative estimate of drug-likeness (QED) is 0.272. The lowest BCUT2D eigenvalue weighted by molar-refractivity contribution is -0.113. The third-order valence-corrected chi connectivity index (χ3v) is 5.19. The molecule has 1 aliphatic carbocycles. The van der Waals surface area contributed by atoms with Gasteiger partial charge in [0.15, 0.2) is 5.78 Å². The van der Waals surface area contributed by atoms with E-state index in [0.717, 1.165) is 12.8 Å². The summed E-state index contributed by atoms with van der Waals surface area (Å²) in [6.45, 7) is 1.97. The summed E-state index contributed by atoms with van der Waals surface area (Å²) < 4.78 is 31.6. The fraction of sp³-hybridized carbons (Fsp3) is 0.353. The van der Waals surface area contributed by atoms with Crippen LogP contribution in [0.5, 0.6) is 0 Å². The summed E-state index contributed by atoms with van der Waals surface area (Å²) in [5.41, 5.74) is -0.242. The minimum absolute atomic E-state index is 0.0211. The maximum Gasteiger partial charge on any atom is 0.338 e. The number of Topliss-reactive ketones (excluding diaryl/α,β-unsaturated/α-hetero) is 1. The molecule has 0 radical (unpaired) electrons. The summed E-state index contributed by atoms with van der Waals surface area (Å²) in [6, 6.07) is 5.17. The number of carbonyl (C=O) groups excluding carboxylic acids is 2. The maximum absolute atomic E-state index is 12.1. The number of carbonyl (C=O) groups is 2. The molecular formula is C17H20N2O6S. The van der Waals surface area contributed by atoms with Crippen LogP contribution < -0.4 is 4.72 Å². The van der Waals surface area contributed by atoms with Crippen LogP contribution in [0.3, 0.4) is 0 Å². The number of esters is 1. The number of ether oxygens (including phenoxy) is 1. The Morgan fingerprint density at radius 1 is 1.23 bits per heavy atom. The number of hydrogen-bond donors (Lipinski definition) is 3. The SMILES string of the molecule is CC(=N)/C(C(C)=O)=C(/O)COC(=O)c1ccc(S(=O)(=O)NC2CC2)cc1. The van der Waals surface area contributed by atoms with Crippen molar-refractivity contribution in [2.45, 2.75) is 37.6 Å². The van der Waals surface area contributed by atoms with Gasteiger partial charge in [0.1, 0.15) is 12.4 Å². The summed E-state index contributed by atoms with van der Waals surface area (Å²) in [4.78, 5) is 23.4. The molecule has 2 rings (SSSR count). The molecule has 0 aliphatic heterocycles. The standard InChI is InChI=1S/C17H20N2O6S/c1-10(18)16(11(2)20)15(21)9-25-17(22)12-3-7-14(8-4-12)26(23,24)19-13-5-6-13/h3-4,7-8,13,18-19,21H,5-6,9H2,1-2H3/b16-15-,18-10?. The van der Waals surface area contributed by atoms with Crippen LogP contribution in [-0.4, -0.2) is 43.6 Å². The Morgan fingerprint density at radius 3 is 2.27 bits per heavy atom. The van der Waals surface area contributed by atoms with Crippen molar-refractivity contribution in [3.8, 4) is 0 Å². The van der Waals surface area contributed by atoms with Crippen molar-refractivity contribution in [3.05, 3.63) is 41.2 Å². The lowest BCUT2D eigenvalue weighted by Crippen LogP contribution is -2.25. The van der Waals surface area contributed by atoms with E-state index in [0.29, 0.717) is 0 Å². The van der Waals surface area contributed by atoms with E-state index >= 15 is 0 Å². The Bertz CT molecular complexity index is 851. The van der Waals surface area contributed by atoms with Crippen LogP contribution in [0.1, 0.15) is 37.0 Å². The van der Waals surface area contributed by atoms with Gasteiger partial charge >= 0.3 is 5.97 Å². The van der Waals surface area contributed by atoms with E-state index in [4.69, 9.17) is 10.1 Å². The molecule has 0 heterocycles. The number of aliphatic hydroxyl groups is 1. The number of sulfonamides is 1. The Balaban J connectivity index is 2.05. The molecule has 0 saturated heterocycles. The second-order valence-corrected chi connectivity index (χ2v) is 7.71. The van der Waals surface area contributed by atoms with E-state index < -0.39 is 34.1 Å². The average Bonchev–Trinajstić information content (AvgIpc) is 3.35. The number of rotatable bonds is 8. The number of benzene rings is 1. The largest absolute Gasteiger partial charge is 0.508 e.